The molecule has 122 valence electrons. The Bertz CT molecular complexity index is 658. The molecule has 1 aliphatic carbocycles. The number of benzene rings is 1. The molecule has 0 aromatic heterocycles. The van der Waals surface area contributed by atoms with E-state index in [2.05, 4.69) is 5.32 Å². The van der Waals surface area contributed by atoms with Crippen LogP contribution in [-0.2, 0) is 14.3 Å². The summed E-state index contributed by atoms with van der Waals surface area (Å²) >= 11 is 0. The lowest BCUT2D eigenvalue weighted by molar-refractivity contribution is -0.161. The van der Waals surface area contributed by atoms with Crippen molar-refractivity contribution in [2.45, 2.75) is 44.8 Å². The highest BCUT2D eigenvalue weighted by Crippen LogP contribution is 2.60. The third-order valence-electron chi connectivity index (χ3n) is 5.57. The first kappa shape index (κ1) is 14.5. The van der Waals surface area contributed by atoms with Crippen molar-refractivity contribution in [2.75, 3.05) is 6.61 Å². The Morgan fingerprint density at radius 1 is 1.39 bits per heavy atom. The third kappa shape index (κ3) is 1.92. The summed E-state index contributed by atoms with van der Waals surface area (Å²) in [5.41, 5.74) is 0.460. The molecule has 1 aromatic carbocycles. The highest BCUT2D eigenvalue weighted by atomic mass is 16.5. The molecule has 23 heavy (non-hydrogen) atoms. The van der Waals surface area contributed by atoms with E-state index in [4.69, 9.17) is 9.47 Å². The SMILES string of the molecule is CCOC(=O)[C@H]1C(=O)N[C@@H]2c3ccccc3O[C@H]3CCCC[C@@]132. The van der Waals surface area contributed by atoms with Gasteiger partial charge in [-0.2, -0.15) is 0 Å². The standard InChI is InChI=1S/C18H21NO4/c1-2-22-17(21)14-16(20)19-15-11-7-3-4-8-12(11)23-13-9-5-6-10-18(13,14)15/h3-4,7-8,13-15H,2,5-6,9-10H2,1H3,(H,19,20)/t13-,14+,15+,18-/m0/s1. The van der Waals surface area contributed by atoms with Crippen LogP contribution in [0.4, 0.5) is 0 Å². The van der Waals surface area contributed by atoms with Gasteiger partial charge in [0.05, 0.1) is 18.1 Å². The maximum atomic E-state index is 12.6. The molecule has 1 saturated heterocycles. The predicted octanol–water partition coefficient (Wildman–Crippen LogP) is 2.36. The summed E-state index contributed by atoms with van der Waals surface area (Å²) in [6.07, 6.45) is 3.62. The Kier molecular flexibility index (Phi) is 3.32. The van der Waals surface area contributed by atoms with Crippen molar-refractivity contribution in [3.05, 3.63) is 29.8 Å². The fourth-order valence-corrected chi connectivity index (χ4v) is 4.69. The van der Waals surface area contributed by atoms with E-state index < -0.39 is 17.3 Å². The minimum atomic E-state index is -0.772. The highest BCUT2D eigenvalue weighted by molar-refractivity contribution is 6.01. The summed E-state index contributed by atoms with van der Waals surface area (Å²) in [6, 6.07) is 7.65. The van der Waals surface area contributed by atoms with Gasteiger partial charge in [-0.1, -0.05) is 24.6 Å². The second kappa shape index (κ2) is 5.25. The van der Waals surface area contributed by atoms with Gasteiger partial charge in [0, 0.05) is 5.56 Å². The second-order valence-electron chi connectivity index (χ2n) is 6.63. The summed E-state index contributed by atoms with van der Waals surface area (Å²) in [5.74, 6) is -0.584. The Morgan fingerprint density at radius 2 is 2.22 bits per heavy atom. The Hall–Kier alpha value is -2.04. The number of rotatable bonds is 2. The van der Waals surface area contributed by atoms with Crippen LogP contribution in [0.3, 0.4) is 0 Å². The fourth-order valence-electron chi connectivity index (χ4n) is 4.69. The van der Waals surface area contributed by atoms with Crippen molar-refractivity contribution in [1.29, 1.82) is 0 Å². The number of fused-ring (bicyclic) bond motifs is 2. The minimum absolute atomic E-state index is 0.121. The molecule has 1 saturated carbocycles. The molecule has 0 unspecified atom stereocenters. The lowest BCUT2D eigenvalue weighted by Crippen LogP contribution is -2.53. The van der Waals surface area contributed by atoms with Gasteiger partial charge >= 0.3 is 5.97 Å². The van der Waals surface area contributed by atoms with Crippen LogP contribution in [0.25, 0.3) is 0 Å². The molecule has 4 rings (SSSR count). The van der Waals surface area contributed by atoms with Crippen molar-refractivity contribution in [2.24, 2.45) is 11.3 Å². The first-order valence-electron chi connectivity index (χ1n) is 8.41. The summed E-state index contributed by atoms with van der Waals surface area (Å²) in [6.45, 7) is 2.05. The number of amides is 1. The molecule has 5 heteroatoms. The molecular weight excluding hydrogens is 294 g/mol. The number of ether oxygens (including phenoxy) is 2. The zero-order chi connectivity index (χ0) is 16.0. The number of carbonyl (C=O) groups is 2. The quantitative estimate of drug-likeness (QED) is 0.672. The van der Waals surface area contributed by atoms with E-state index in [9.17, 15) is 9.59 Å². The second-order valence-corrected chi connectivity index (χ2v) is 6.63. The number of carbonyl (C=O) groups excluding carboxylic acids is 2. The van der Waals surface area contributed by atoms with Gasteiger partial charge in [0.1, 0.15) is 17.8 Å². The van der Waals surface area contributed by atoms with Gasteiger partial charge in [-0.15, -0.1) is 0 Å². The lowest BCUT2D eigenvalue weighted by atomic mass is 9.59. The van der Waals surface area contributed by atoms with Crippen LogP contribution in [-0.4, -0.2) is 24.6 Å². The molecule has 1 spiro atoms. The molecule has 3 aliphatic rings. The molecule has 4 atom stereocenters. The smallest absolute Gasteiger partial charge is 0.319 e. The molecule has 0 bridgehead atoms. The van der Waals surface area contributed by atoms with Crippen molar-refractivity contribution in [3.63, 3.8) is 0 Å². The van der Waals surface area contributed by atoms with Crippen LogP contribution in [0.1, 0.15) is 44.2 Å². The van der Waals surface area contributed by atoms with E-state index >= 15 is 0 Å². The topological polar surface area (TPSA) is 64.6 Å². The predicted molar refractivity (Wildman–Crippen MR) is 82.8 cm³/mol. The van der Waals surface area contributed by atoms with Crippen LogP contribution in [0.15, 0.2) is 24.3 Å². The zero-order valence-corrected chi connectivity index (χ0v) is 13.2. The molecule has 5 nitrogen and oxygen atoms in total. The monoisotopic (exact) mass is 315 g/mol. The van der Waals surface area contributed by atoms with Crippen LogP contribution in [0.2, 0.25) is 0 Å². The number of para-hydroxylation sites is 1. The first-order valence-corrected chi connectivity index (χ1v) is 8.41. The van der Waals surface area contributed by atoms with E-state index in [0.29, 0.717) is 0 Å². The van der Waals surface area contributed by atoms with E-state index in [0.717, 1.165) is 37.0 Å². The van der Waals surface area contributed by atoms with Crippen molar-refractivity contribution >= 4 is 11.9 Å². The van der Waals surface area contributed by atoms with E-state index in [1.165, 1.54) is 0 Å². The van der Waals surface area contributed by atoms with Crippen molar-refractivity contribution in [3.8, 4) is 5.75 Å². The van der Waals surface area contributed by atoms with Crippen molar-refractivity contribution in [1.82, 2.24) is 5.32 Å². The average Bonchev–Trinajstić information content (AvgIpc) is 2.85. The fraction of sp³-hybridized carbons (Fsp3) is 0.556. The molecule has 1 N–H and O–H groups in total. The highest BCUT2D eigenvalue weighted by Gasteiger charge is 2.66. The molecule has 1 amide bonds. The van der Waals surface area contributed by atoms with Gasteiger partial charge in [0.2, 0.25) is 5.91 Å². The van der Waals surface area contributed by atoms with Gasteiger partial charge < -0.3 is 14.8 Å². The Labute approximate surface area is 135 Å². The zero-order valence-electron chi connectivity index (χ0n) is 13.2. The number of esters is 1. The largest absolute Gasteiger partial charge is 0.489 e. The summed E-state index contributed by atoms with van der Waals surface area (Å²) in [4.78, 5) is 25.2. The van der Waals surface area contributed by atoms with Gasteiger partial charge in [-0.3, -0.25) is 9.59 Å². The number of nitrogens with one attached hydrogen (secondary N) is 1. The average molecular weight is 315 g/mol. The van der Waals surface area contributed by atoms with Gasteiger partial charge in [-0.25, -0.2) is 0 Å². The minimum Gasteiger partial charge on any atom is -0.489 e. The Morgan fingerprint density at radius 3 is 3.04 bits per heavy atom. The van der Waals surface area contributed by atoms with E-state index in [-0.39, 0.29) is 24.7 Å². The van der Waals surface area contributed by atoms with Crippen LogP contribution >= 0.6 is 0 Å². The van der Waals surface area contributed by atoms with Crippen LogP contribution < -0.4 is 10.1 Å². The first-order chi connectivity index (χ1) is 11.2. The number of hydrogen-bond donors (Lipinski definition) is 1. The maximum Gasteiger partial charge on any atom is 0.319 e. The molecule has 1 aromatic rings. The number of hydrogen-bond acceptors (Lipinski definition) is 4. The maximum absolute atomic E-state index is 12.6. The molecular formula is C18H21NO4. The molecule has 0 radical (unpaired) electrons. The van der Waals surface area contributed by atoms with E-state index in [1.807, 2.05) is 24.3 Å². The van der Waals surface area contributed by atoms with Gasteiger partial charge in [0.25, 0.3) is 0 Å². The molecule has 2 fully saturated rings. The normalized spacial score (nSPS) is 34.5. The van der Waals surface area contributed by atoms with Crippen molar-refractivity contribution < 1.29 is 19.1 Å². The van der Waals surface area contributed by atoms with Gasteiger partial charge in [-0.05, 0) is 32.3 Å². The lowest BCUT2D eigenvalue weighted by Gasteiger charge is -2.49. The van der Waals surface area contributed by atoms with Crippen LogP contribution in [0, 0.1) is 11.3 Å². The summed E-state index contributed by atoms with van der Waals surface area (Å²) in [5, 5.41) is 3.07. The summed E-state index contributed by atoms with van der Waals surface area (Å²) < 4.78 is 11.5. The van der Waals surface area contributed by atoms with E-state index in [1.54, 1.807) is 6.92 Å². The van der Waals surface area contributed by atoms with Gasteiger partial charge in [0.15, 0.2) is 0 Å². The summed E-state index contributed by atoms with van der Waals surface area (Å²) in [7, 11) is 0. The third-order valence-corrected chi connectivity index (χ3v) is 5.57. The Balaban J connectivity index is 1.85. The van der Waals surface area contributed by atoms with Crippen LogP contribution in [0.5, 0.6) is 5.75 Å². The molecule has 2 heterocycles. The molecule has 2 aliphatic heterocycles.